The van der Waals surface area contributed by atoms with E-state index in [4.69, 9.17) is 9.47 Å². The minimum atomic E-state index is -3.59. The maximum atomic E-state index is 13.1. The third-order valence-electron chi connectivity index (χ3n) is 4.60. The molecule has 3 aromatic rings. The molecule has 0 fully saturated rings. The number of likely N-dealkylation sites (N-methyl/N-ethyl adjacent to an activating group) is 1. The average molecular weight is 385 g/mol. The van der Waals surface area contributed by atoms with Gasteiger partial charge in [0.25, 0.3) is 0 Å². The SMILES string of the molecule is COc1ccc(CCN(C)S(=O)(=O)c2cccc3ccccc23)cc1OC. The summed E-state index contributed by atoms with van der Waals surface area (Å²) in [7, 11) is 1.19. The molecule has 0 aromatic heterocycles. The molecule has 0 spiro atoms. The molecule has 0 N–H and O–H groups in total. The van der Waals surface area contributed by atoms with Crippen LogP contribution in [-0.2, 0) is 16.4 Å². The zero-order valence-corrected chi connectivity index (χ0v) is 16.5. The van der Waals surface area contributed by atoms with Crippen molar-refractivity contribution >= 4 is 20.8 Å². The van der Waals surface area contributed by atoms with Gasteiger partial charge in [-0.2, -0.15) is 0 Å². The van der Waals surface area contributed by atoms with E-state index in [1.807, 2.05) is 48.5 Å². The highest BCUT2D eigenvalue weighted by atomic mass is 32.2. The van der Waals surface area contributed by atoms with Crippen molar-refractivity contribution in [3.63, 3.8) is 0 Å². The van der Waals surface area contributed by atoms with Gasteiger partial charge in [-0.1, -0.05) is 42.5 Å². The monoisotopic (exact) mass is 385 g/mol. The second-order valence-corrected chi connectivity index (χ2v) is 8.26. The minimum Gasteiger partial charge on any atom is -0.493 e. The van der Waals surface area contributed by atoms with Gasteiger partial charge in [-0.15, -0.1) is 0 Å². The van der Waals surface area contributed by atoms with E-state index in [1.54, 1.807) is 33.4 Å². The highest BCUT2D eigenvalue weighted by Crippen LogP contribution is 2.28. The molecule has 142 valence electrons. The molecule has 0 radical (unpaired) electrons. The molecule has 0 bridgehead atoms. The van der Waals surface area contributed by atoms with Crippen LogP contribution in [0, 0.1) is 0 Å². The predicted octanol–water partition coefficient (Wildman–Crippen LogP) is 3.72. The van der Waals surface area contributed by atoms with Crippen molar-refractivity contribution in [1.82, 2.24) is 4.31 Å². The van der Waals surface area contributed by atoms with Crippen molar-refractivity contribution < 1.29 is 17.9 Å². The summed E-state index contributed by atoms with van der Waals surface area (Å²) in [5.74, 6) is 1.28. The molecular weight excluding hydrogens is 362 g/mol. The fourth-order valence-corrected chi connectivity index (χ4v) is 4.41. The highest BCUT2D eigenvalue weighted by molar-refractivity contribution is 7.89. The van der Waals surface area contributed by atoms with Gasteiger partial charge in [-0.25, -0.2) is 12.7 Å². The number of ether oxygens (including phenoxy) is 2. The molecule has 3 aromatic carbocycles. The van der Waals surface area contributed by atoms with E-state index >= 15 is 0 Å². The van der Waals surface area contributed by atoms with Gasteiger partial charge in [0.2, 0.25) is 10.0 Å². The van der Waals surface area contributed by atoms with Crippen LogP contribution in [0.1, 0.15) is 5.56 Å². The van der Waals surface area contributed by atoms with Crippen LogP contribution < -0.4 is 9.47 Å². The molecule has 0 unspecified atom stereocenters. The van der Waals surface area contributed by atoms with Gasteiger partial charge < -0.3 is 9.47 Å². The Bertz CT molecular complexity index is 1040. The third kappa shape index (κ3) is 3.91. The average Bonchev–Trinajstić information content (AvgIpc) is 2.71. The van der Waals surface area contributed by atoms with Crippen LogP contribution in [0.4, 0.5) is 0 Å². The van der Waals surface area contributed by atoms with E-state index in [-0.39, 0.29) is 0 Å². The Kier molecular flexibility index (Phi) is 5.68. The summed E-state index contributed by atoms with van der Waals surface area (Å²) in [5, 5.41) is 1.64. The van der Waals surface area contributed by atoms with Crippen molar-refractivity contribution in [3.05, 3.63) is 66.2 Å². The smallest absolute Gasteiger partial charge is 0.243 e. The Morgan fingerprint density at radius 3 is 2.33 bits per heavy atom. The summed E-state index contributed by atoms with van der Waals surface area (Å²) in [6, 6.07) is 18.5. The van der Waals surface area contributed by atoms with Crippen molar-refractivity contribution in [3.8, 4) is 11.5 Å². The summed E-state index contributed by atoms with van der Waals surface area (Å²) in [4.78, 5) is 0.329. The first-order valence-corrected chi connectivity index (χ1v) is 10.1. The molecule has 0 saturated heterocycles. The first kappa shape index (κ1) is 19.2. The lowest BCUT2D eigenvalue weighted by molar-refractivity contribution is 0.354. The van der Waals surface area contributed by atoms with E-state index in [0.29, 0.717) is 29.4 Å². The molecule has 0 heterocycles. The molecule has 27 heavy (non-hydrogen) atoms. The Balaban J connectivity index is 1.82. The number of sulfonamides is 1. The molecule has 0 aliphatic heterocycles. The van der Waals surface area contributed by atoms with E-state index in [0.717, 1.165) is 16.3 Å². The molecule has 3 rings (SSSR count). The maximum Gasteiger partial charge on any atom is 0.243 e. The predicted molar refractivity (Wildman–Crippen MR) is 107 cm³/mol. The third-order valence-corrected chi connectivity index (χ3v) is 6.52. The fourth-order valence-electron chi connectivity index (χ4n) is 3.03. The van der Waals surface area contributed by atoms with Crippen LogP contribution in [-0.4, -0.2) is 40.5 Å². The zero-order chi connectivity index (χ0) is 19.4. The lowest BCUT2D eigenvalue weighted by Gasteiger charge is -2.19. The van der Waals surface area contributed by atoms with Gasteiger partial charge in [0.15, 0.2) is 11.5 Å². The van der Waals surface area contributed by atoms with Crippen LogP contribution >= 0.6 is 0 Å². The largest absolute Gasteiger partial charge is 0.493 e. The number of rotatable bonds is 7. The van der Waals surface area contributed by atoms with Crippen molar-refractivity contribution in [2.45, 2.75) is 11.3 Å². The van der Waals surface area contributed by atoms with E-state index < -0.39 is 10.0 Å². The first-order chi connectivity index (χ1) is 13.0. The van der Waals surface area contributed by atoms with E-state index in [2.05, 4.69) is 0 Å². The van der Waals surface area contributed by atoms with Gasteiger partial charge in [0.1, 0.15) is 0 Å². The van der Waals surface area contributed by atoms with Crippen molar-refractivity contribution in [1.29, 1.82) is 0 Å². The molecule has 0 aliphatic rings. The van der Waals surface area contributed by atoms with Crippen molar-refractivity contribution in [2.24, 2.45) is 0 Å². The molecule has 0 aliphatic carbocycles. The number of methoxy groups -OCH3 is 2. The standard InChI is InChI=1S/C21H23NO4S/c1-22(14-13-16-11-12-19(25-2)20(15-16)26-3)27(23,24)21-10-6-8-17-7-4-5-9-18(17)21/h4-12,15H,13-14H2,1-3H3. The lowest BCUT2D eigenvalue weighted by atomic mass is 10.1. The molecule has 0 atom stereocenters. The lowest BCUT2D eigenvalue weighted by Crippen LogP contribution is -2.29. The highest BCUT2D eigenvalue weighted by Gasteiger charge is 2.22. The quantitative estimate of drug-likeness (QED) is 0.622. The fraction of sp³-hybridized carbons (Fsp3) is 0.238. The van der Waals surface area contributed by atoms with Gasteiger partial charge in [-0.05, 0) is 35.6 Å². The number of nitrogens with zero attached hydrogens (tertiary/aromatic N) is 1. The molecular formula is C21H23NO4S. The summed E-state index contributed by atoms with van der Waals surface area (Å²) in [6.07, 6.45) is 0.570. The molecule has 0 saturated carbocycles. The second kappa shape index (κ2) is 7.98. The Morgan fingerprint density at radius 2 is 1.59 bits per heavy atom. The maximum absolute atomic E-state index is 13.1. The topological polar surface area (TPSA) is 55.8 Å². The van der Waals surface area contributed by atoms with Gasteiger partial charge >= 0.3 is 0 Å². The normalized spacial score (nSPS) is 11.7. The summed E-state index contributed by atoms with van der Waals surface area (Å²) < 4.78 is 38.1. The molecule has 5 nitrogen and oxygen atoms in total. The Morgan fingerprint density at radius 1 is 0.889 bits per heavy atom. The van der Waals surface area contributed by atoms with Crippen LogP contribution in [0.5, 0.6) is 11.5 Å². The van der Waals surface area contributed by atoms with Crippen LogP contribution in [0.15, 0.2) is 65.6 Å². The van der Waals surface area contributed by atoms with Crippen LogP contribution in [0.2, 0.25) is 0 Å². The summed E-state index contributed by atoms with van der Waals surface area (Å²) in [5.41, 5.74) is 0.979. The number of hydrogen-bond donors (Lipinski definition) is 0. The van der Waals surface area contributed by atoms with Gasteiger partial charge in [-0.3, -0.25) is 0 Å². The van der Waals surface area contributed by atoms with Crippen LogP contribution in [0.25, 0.3) is 10.8 Å². The minimum absolute atomic E-state index is 0.329. The summed E-state index contributed by atoms with van der Waals surface area (Å²) >= 11 is 0. The Hall–Kier alpha value is -2.57. The van der Waals surface area contributed by atoms with Crippen molar-refractivity contribution in [2.75, 3.05) is 27.8 Å². The second-order valence-electron chi connectivity index (χ2n) is 6.24. The molecule has 6 heteroatoms. The number of hydrogen-bond acceptors (Lipinski definition) is 4. The molecule has 0 amide bonds. The summed E-state index contributed by atoms with van der Waals surface area (Å²) in [6.45, 7) is 0.362. The number of benzene rings is 3. The van der Waals surface area contributed by atoms with E-state index in [1.165, 1.54) is 4.31 Å². The van der Waals surface area contributed by atoms with Gasteiger partial charge in [0.05, 0.1) is 19.1 Å². The Labute approximate surface area is 160 Å². The first-order valence-electron chi connectivity index (χ1n) is 8.62. The number of fused-ring (bicyclic) bond motifs is 1. The van der Waals surface area contributed by atoms with Gasteiger partial charge in [0, 0.05) is 19.0 Å². The van der Waals surface area contributed by atoms with Crippen LogP contribution in [0.3, 0.4) is 0 Å². The zero-order valence-electron chi connectivity index (χ0n) is 15.7. The van der Waals surface area contributed by atoms with E-state index in [9.17, 15) is 8.42 Å².